The van der Waals surface area contributed by atoms with E-state index in [0.29, 0.717) is 0 Å². The van der Waals surface area contributed by atoms with Crippen molar-refractivity contribution in [2.75, 3.05) is 13.2 Å². The second-order valence-corrected chi connectivity index (χ2v) is 7.28. The third-order valence-electron chi connectivity index (χ3n) is 4.95. The zero-order valence-electron chi connectivity index (χ0n) is 17.4. The van der Waals surface area contributed by atoms with Crippen LogP contribution in [0.25, 0.3) is 11.1 Å². The first kappa shape index (κ1) is 21.5. The average molecular weight is 369 g/mol. The molecule has 2 aromatic rings. The molecule has 1 unspecified atom stereocenters. The molecule has 0 aliphatic rings. The number of ether oxygens (including phenoxy) is 2. The minimum absolute atomic E-state index is 0.152. The van der Waals surface area contributed by atoms with Gasteiger partial charge in [-0.15, -0.1) is 0 Å². The van der Waals surface area contributed by atoms with Crippen molar-refractivity contribution in [1.29, 1.82) is 0 Å². The molecule has 0 radical (unpaired) electrons. The van der Waals surface area contributed by atoms with Crippen molar-refractivity contribution in [2.45, 2.75) is 71.8 Å². The maximum Gasteiger partial charge on any atom is 0.119 e. The average Bonchev–Trinajstić information content (AvgIpc) is 2.71. The topological polar surface area (TPSA) is 18.5 Å². The Morgan fingerprint density at radius 3 is 1.85 bits per heavy atom. The van der Waals surface area contributed by atoms with Gasteiger partial charge < -0.3 is 9.47 Å². The van der Waals surface area contributed by atoms with E-state index < -0.39 is 0 Å². The van der Waals surface area contributed by atoms with Crippen LogP contribution in [0.5, 0.6) is 5.75 Å². The number of unbranched alkanes of at least 4 members (excludes halogenated alkanes) is 5. The lowest BCUT2D eigenvalue weighted by atomic mass is 10.0. The summed E-state index contributed by atoms with van der Waals surface area (Å²) in [6.45, 7) is 8.24. The van der Waals surface area contributed by atoms with Gasteiger partial charge in [-0.05, 0) is 48.6 Å². The predicted octanol–water partition coefficient (Wildman–Crippen LogP) is 7.58. The van der Waals surface area contributed by atoms with Gasteiger partial charge in [0.1, 0.15) is 5.75 Å². The van der Waals surface area contributed by atoms with Crippen LogP contribution in [-0.4, -0.2) is 13.2 Å². The van der Waals surface area contributed by atoms with Crippen LogP contribution in [0.3, 0.4) is 0 Å². The summed E-state index contributed by atoms with van der Waals surface area (Å²) in [5, 5.41) is 0. The van der Waals surface area contributed by atoms with Crippen LogP contribution >= 0.6 is 0 Å². The number of benzene rings is 2. The van der Waals surface area contributed by atoms with Crippen molar-refractivity contribution in [3.05, 3.63) is 54.1 Å². The minimum Gasteiger partial charge on any atom is -0.494 e. The van der Waals surface area contributed by atoms with E-state index >= 15 is 0 Å². The Bertz CT molecular complexity index is 616. The van der Waals surface area contributed by atoms with Gasteiger partial charge >= 0.3 is 0 Å². The third kappa shape index (κ3) is 7.76. The molecule has 2 nitrogen and oxygen atoms in total. The molecule has 0 spiro atoms. The highest BCUT2D eigenvalue weighted by molar-refractivity contribution is 5.64. The van der Waals surface area contributed by atoms with Gasteiger partial charge in [0, 0.05) is 6.61 Å². The maximum absolute atomic E-state index is 5.97. The highest BCUT2D eigenvalue weighted by atomic mass is 16.5. The van der Waals surface area contributed by atoms with Gasteiger partial charge in [-0.25, -0.2) is 0 Å². The van der Waals surface area contributed by atoms with Crippen molar-refractivity contribution in [3.8, 4) is 16.9 Å². The van der Waals surface area contributed by atoms with Gasteiger partial charge in [-0.2, -0.15) is 0 Å². The van der Waals surface area contributed by atoms with E-state index in [-0.39, 0.29) is 6.10 Å². The first-order valence-corrected chi connectivity index (χ1v) is 10.7. The van der Waals surface area contributed by atoms with E-state index in [1.165, 1.54) is 48.8 Å². The Kier molecular flexibility index (Phi) is 10.0. The fraction of sp³-hybridized carbons (Fsp3) is 0.520. The van der Waals surface area contributed by atoms with Gasteiger partial charge in [0.15, 0.2) is 0 Å². The molecule has 0 aromatic heterocycles. The minimum atomic E-state index is 0.152. The van der Waals surface area contributed by atoms with Crippen LogP contribution < -0.4 is 4.74 Å². The zero-order chi connectivity index (χ0) is 19.3. The van der Waals surface area contributed by atoms with Crippen LogP contribution in [0.2, 0.25) is 0 Å². The molecule has 0 saturated carbocycles. The van der Waals surface area contributed by atoms with Crippen molar-refractivity contribution in [1.82, 2.24) is 0 Å². The predicted molar refractivity (Wildman–Crippen MR) is 115 cm³/mol. The molecule has 148 valence electrons. The molecule has 0 heterocycles. The molecule has 0 aliphatic carbocycles. The molecule has 0 N–H and O–H groups in total. The molecule has 2 rings (SSSR count). The van der Waals surface area contributed by atoms with Gasteiger partial charge in [0.25, 0.3) is 0 Å². The first-order valence-electron chi connectivity index (χ1n) is 10.7. The van der Waals surface area contributed by atoms with Gasteiger partial charge in [0.05, 0.1) is 12.7 Å². The van der Waals surface area contributed by atoms with Crippen molar-refractivity contribution in [3.63, 3.8) is 0 Å². The van der Waals surface area contributed by atoms with Crippen molar-refractivity contribution < 1.29 is 9.47 Å². The van der Waals surface area contributed by atoms with Crippen LogP contribution in [-0.2, 0) is 4.74 Å². The van der Waals surface area contributed by atoms with E-state index in [1.807, 2.05) is 0 Å². The van der Waals surface area contributed by atoms with E-state index in [9.17, 15) is 0 Å². The molecule has 0 aliphatic heterocycles. The molecular weight excluding hydrogens is 332 g/mol. The lowest BCUT2D eigenvalue weighted by Crippen LogP contribution is -2.01. The largest absolute Gasteiger partial charge is 0.494 e. The van der Waals surface area contributed by atoms with E-state index in [0.717, 1.165) is 31.8 Å². The molecule has 27 heavy (non-hydrogen) atoms. The summed E-state index contributed by atoms with van der Waals surface area (Å²) >= 11 is 0. The third-order valence-corrected chi connectivity index (χ3v) is 4.95. The summed E-state index contributed by atoms with van der Waals surface area (Å²) in [4.78, 5) is 0. The Labute approximate surface area is 165 Å². The Morgan fingerprint density at radius 1 is 0.667 bits per heavy atom. The summed E-state index contributed by atoms with van der Waals surface area (Å²) in [5.74, 6) is 0.955. The van der Waals surface area contributed by atoms with Gasteiger partial charge in [-0.1, -0.05) is 82.3 Å². The molecule has 2 heteroatoms. The standard InChI is InChI=1S/C25H36O2/c1-4-6-8-10-19-26-21(3)22-11-13-23(14-12-22)24-15-17-25(18-16-24)27-20-9-7-5-2/h11-18,21H,4-10,19-20H2,1-3H3. The van der Waals surface area contributed by atoms with E-state index in [1.54, 1.807) is 0 Å². The molecule has 0 fully saturated rings. The second-order valence-electron chi connectivity index (χ2n) is 7.28. The highest BCUT2D eigenvalue weighted by Gasteiger charge is 2.06. The normalized spacial score (nSPS) is 12.1. The summed E-state index contributed by atoms with van der Waals surface area (Å²) in [7, 11) is 0. The smallest absolute Gasteiger partial charge is 0.119 e. The quantitative estimate of drug-likeness (QED) is 0.339. The van der Waals surface area contributed by atoms with Gasteiger partial charge in [0.2, 0.25) is 0 Å². The lowest BCUT2D eigenvalue weighted by Gasteiger charge is -2.14. The van der Waals surface area contributed by atoms with E-state index in [4.69, 9.17) is 9.47 Å². The number of rotatable bonds is 13. The summed E-state index contributed by atoms with van der Waals surface area (Å²) < 4.78 is 11.8. The van der Waals surface area contributed by atoms with Crippen LogP contribution in [0.15, 0.2) is 48.5 Å². The molecule has 0 amide bonds. The van der Waals surface area contributed by atoms with Crippen molar-refractivity contribution >= 4 is 0 Å². The van der Waals surface area contributed by atoms with Crippen molar-refractivity contribution in [2.24, 2.45) is 0 Å². The molecular formula is C25H36O2. The number of hydrogen-bond donors (Lipinski definition) is 0. The van der Waals surface area contributed by atoms with Crippen LogP contribution in [0, 0.1) is 0 Å². The molecule has 0 bridgehead atoms. The Hall–Kier alpha value is -1.80. The summed E-state index contributed by atoms with van der Waals surface area (Å²) in [5.41, 5.74) is 3.69. The zero-order valence-corrected chi connectivity index (χ0v) is 17.4. The fourth-order valence-corrected chi connectivity index (χ4v) is 3.12. The lowest BCUT2D eigenvalue weighted by molar-refractivity contribution is 0.0628. The molecule has 2 aromatic carbocycles. The second kappa shape index (κ2) is 12.6. The Morgan fingerprint density at radius 2 is 1.22 bits per heavy atom. The van der Waals surface area contributed by atoms with E-state index in [2.05, 4.69) is 69.3 Å². The van der Waals surface area contributed by atoms with Gasteiger partial charge in [-0.3, -0.25) is 0 Å². The molecule has 0 saturated heterocycles. The first-order chi connectivity index (χ1) is 13.2. The monoisotopic (exact) mass is 368 g/mol. The fourth-order valence-electron chi connectivity index (χ4n) is 3.12. The maximum atomic E-state index is 5.97. The number of hydrogen-bond acceptors (Lipinski definition) is 2. The molecule has 1 atom stereocenters. The van der Waals surface area contributed by atoms with Crippen LogP contribution in [0.4, 0.5) is 0 Å². The Balaban J connectivity index is 1.83. The van der Waals surface area contributed by atoms with Crippen LogP contribution in [0.1, 0.15) is 77.4 Å². The summed E-state index contributed by atoms with van der Waals surface area (Å²) in [6, 6.07) is 17.1. The SMILES string of the molecule is CCCCCCOC(C)c1ccc(-c2ccc(OCCCCC)cc2)cc1. The summed E-state index contributed by atoms with van der Waals surface area (Å²) in [6.07, 6.45) is 8.71. The highest BCUT2D eigenvalue weighted by Crippen LogP contribution is 2.25.